The summed E-state index contributed by atoms with van der Waals surface area (Å²) in [4.78, 5) is 37.3. The van der Waals surface area contributed by atoms with Gasteiger partial charge in [-0.3, -0.25) is 9.59 Å². The summed E-state index contributed by atoms with van der Waals surface area (Å²) in [6.45, 7) is 6.13. The van der Waals surface area contributed by atoms with Crippen LogP contribution >= 0.6 is 0 Å². The Labute approximate surface area is 143 Å². The predicted octanol–water partition coefficient (Wildman–Crippen LogP) is 0.0799. The van der Waals surface area contributed by atoms with Crippen LogP contribution < -0.4 is 21.8 Å². The molecule has 0 aliphatic heterocycles. The van der Waals surface area contributed by atoms with Gasteiger partial charge in [0.25, 0.3) is 11.1 Å². The lowest BCUT2D eigenvalue weighted by molar-refractivity contribution is 0.571. The van der Waals surface area contributed by atoms with E-state index < -0.39 is 0 Å². The summed E-state index contributed by atoms with van der Waals surface area (Å²) in [5.41, 5.74) is 1.46. The Kier molecular flexibility index (Phi) is 4.08. The lowest BCUT2D eigenvalue weighted by atomic mass is 9.90. The predicted molar refractivity (Wildman–Crippen MR) is 96.8 cm³/mol. The minimum atomic E-state index is -0.372. The molecule has 3 heterocycles. The summed E-state index contributed by atoms with van der Waals surface area (Å²) in [6, 6.07) is 3.73. The number of aryl methyl sites for hydroxylation is 1. The number of nitrogens with one attached hydrogen (secondary N) is 3. The van der Waals surface area contributed by atoms with Crippen molar-refractivity contribution in [1.82, 2.24) is 24.5 Å². The third-order valence-corrected chi connectivity index (χ3v) is 3.96. The van der Waals surface area contributed by atoms with Gasteiger partial charge < -0.3 is 19.5 Å². The molecule has 0 aliphatic carbocycles. The summed E-state index contributed by atoms with van der Waals surface area (Å²) in [5.74, 6) is 0. The second-order valence-electron chi connectivity index (χ2n) is 6.98. The number of aromatic nitrogens is 5. The van der Waals surface area contributed by atoms with Crippen LogP contribution in [0.3, 0.4) is 0 Å². The van der Waals surface area contributed by atoms with Gasteiger partial charge in [0.05, 0.1) is 12.0 Å². The number of hydrogen-bond acceptors (Lipinski definition) is 3. The highest BCUT2D eigenvalue weighted by Crippen LogP contribution is 2.22. The van der Waals surface area contributed by atoms with Gasteiger partial charge in [0.2, 0.25) is 0 Å². The highest BCUT2D eigenvalue weighted by atomic mass is 16.1. The first-order valence-corrected chi connectivity index (χ1v) is 7.97. The molecule has 25 heavy (non-hydrogen) atoms. The number of imidazole rings is 1. The fourth-order valence-electron chi connectivity index (χ4n) is 2.62. The first-order valence-electron chi connectivity index (χ1n) is 7.97. The molecule has 3 rings (SSSR count). The van der Waals surface area contributed by atoms with Gasteiger partial charge in [0.15, 0.2) is 0 Å². The molecule has 0 saturated heterocycles. The van der Waals surface area contributed by atoms with Gasteiger partial charge in [-0.1, -0.05) is 20.8 Å². The minimum Gasteiger partial charge on any atom is -0.351 e. The van der Waals surface area contributed by atoms with Gasteiger partial charge in [0.1, 0.15) is 10.7 Å². The molecule has 0 saturated carbocycles. The van der Waals surface area contributed by atoms with Crippen molar-refractivity contribution in [3.63, 3.8) is 0 Å². The van der Waals surface area contributed by atoms with Crippen LogP contribution in [-0.4, -0.2) is 24.5 Å². The molecule has 0 amide bonds. The molecule has 3 N–H and O–H groups in total. The minimum absolute atomic E-state index is 0.157. The SMILES string of the molecule is Cn1cccc1/C=c1\[nH]c(=O)/c(=C/c2nc[nH]c2C(C)(C)C)[nH]c1=O. The van der Waals surface area contributed by atoms with E-state index in [1.807, 2.05) is 50.7 Å². The molecule has 7 heteroatoms. The molecule has 0 bridgehead atoms. The summed E-state index contributed by atoms with van der Waals surface area (Å²) in [5, 5.41) is 0.383. The second-order valence-corrected chi connectivity index (χ2v) is 6.98. The second kappa shape index (κ2) is 6.08. The molecule has 3 aromatic heterocycles. The van der Waals surface area contributed by atoms with E-state index >= 15 is 0 Å². The van der Waals surface area contributed by atoms with E-state index in [-0.39, 0.29) is 27.2 Å². The zero-order valence-corrected chi connectivity index (χ0v) is 14.7. The Hall–Kier alpha value is -3.09. The standard InChI is InChI=1S/C18H21N5O2/c1-18(2,3)15-12(19-10-20-15)9-14-17(25)21-13(16(24)22-14)8-11-6-5-7-23(11)4/h5-10H,1-4H3,(H,19,20)(H,21,25)(H,22,24)/b13-8-,14-9-. The van der Waals surface area contributed by atoms with Crippen molar-refractivity contribution < 1.29 is 0 Å². The van der Waals surface area contributed by atoms with Crippen molar-refractivity contribution in [3.8, 4) is 0 Å². The number of H-pyrrole nitrogens is 3. The zero-order chi connectivity index (χ0) is 18.2. The maximum atomic E-state index is 12.4. The Bertz CT molecular complexity index is 1140. The Morgan fingerprint density at radius 3 is 2.28 bits per heavy atom. The van der Waals surface area contributed by atoms with Crippen molar-refractivity contribution in [2.75, 3.05) is 0 Å². The van der Waals surface area contributed by atoms with Crippen LogP contribution in [0.15, 0.2) is 34.2 Å². The summed E-state index contributed by atoms with van der Waals surface area (Å²) >= 11 is 0. The third kappa shape index (κ3) is 3.40. The van der Waals surface area contributed by atoms with Crippen LogP contribution in [0.1, 0.15) is 37.9 Å². The lowest BCUT2D eigenvalue weighted by Gasteiger charge is -2.16. The van der Waals surface area contributed by atoms with Gasteiger partial charge in [-0.15, -0.1) is 0 Å². The summed E-state index contributed by atoms with van der Waals surface area (Å²) < 4.78 is 1.86. The molecule has 0 fully saturated rings. The average molecular weight is 339 g/mol. The van der Waals surface area contributed by atoms with Crippen LogP contribution in [0.2, 0.25) is 0 Å². The van der Waals surface area contributed by atoms with Crippen molar-refractivity contribution in [2.24, 2.45) is 7.05 Å². The highest BCUT2D eigenvalue weighted by molar-refractivity contribution is 5.48. The third-order valence-electron chi connectivity index (χ3n) is 3.96. The fourth-order valence-corrected chi connectivity index (χ4v) is 2.62. The quantitative estimate of drug-likeness (QED) is 0.616. The number of hydrogen-bond donors (Lipinski definition) is 3. The topological polar surface area (TPSA) is 99.3 Å². The molecule has 0 atom stereocenters. The maximum absolute atomic E-state index is 12.4. The first kappa shape index (κ1) is 16.8. The molecule has 3 aromatic rings. The fraction of sp³-hybridized carbons (Fsp3) is 0.278. The van der Waals surface area contributed by atoms with Crippen LogP contribution in [0.5, 0.6) is 0 Å². The molecule has 130 valence electrons. The smallest absolute Gasteiger partial charge is 0.272 e. The van der Waals surface area contributed by atoms with Crippen molar-refractivity contribution in [1.29, 1.82) is 0 Å². The number of aromatic amines is 3. The molecule has 7 nitrogen and oxygen atoms in total. The normalized spacial score (nSPS) is 13.6. The Balaban J connectivity index is 2.16. The van der Waals surface area contributed by atoms with Gasteiger partial charge in [0, 0.05) is 30.0 Å². The van der Waals surface area contributed by atoms with Crippen LogP contribution in [0, 0.1) is 0 Å². The molecule has 0 unspecified atom stereocenters. The molecule has 0 spiro atoms. The lowest BCUT2D eigenvalue weighted by Crippen LogP contribution is -2.46. The van der Waals surface area contributed by atoms with Crippen molar-refractivity contribution >= 4 is 12.2 Å². The van der Waals surface area contributed by atoms with Crippen LogP contribution in [0.4, 0.5) is 0 Å². The summed E-state index contributed by atoms with van der Waals surface area (Å²) in [7, 11) is 1.87. The van der Waals surface area contributed by atoms with Crippen molar-refractivity contribution in [3.05, 3.63) is 73.1 Å². The molecule has 0 radical (unpaired) electrons. The van der Waals surface area contributed by atoms with Crippen LogP contribution in [-0.2, 0) is 12.5 Å². The largest absolute Gasteiger partial charge is 0.351 e. The average Bonchev–Trinajstić information content (AvgIpc) is 3.13. The Morgan fingerprint density at radius 1 is 1.08 bits per heavy atom. The van der Waals surface area contributed by atoms with E-state index in [0.29, 0.717) is 5.69 Å². The van der Waals surface area contributed by atoms with Gasteiger partial charge >= 0.3 is 0 Å². The van der Waals surface area contributed by atoms with E-state index in [0.717, 1.165) is 11.4 Å². The van der Waals surface area contributed by atoms with Crippen LogP contribution in [0.25, 0.3) is 12.2 Å². The van der Waals surface area contributed by atoms with Gasteiger partial charge in [-0.05, 0) is 24.3 Å². The first-order chi connectivity index (χ1) is 11.8. The molecular weight excluding hydrogens is 318 g/mol. The van der Waals surface area contributed by atoms with E-state index in [4.69, 9.17) is 0 Å². The van der Waals surface area contributed by atoms with E-state index in [2.05, 4.69) is 19.9 Å². The maximum Gasteiger partial charge on any atom is 0.272 e. The van der Waals surface area contributed by atoms with E-state index in [1.165, 1.54) is 0 Å². The zero-order valence-electron chi connectivity index (χ0n) is 14.7. The molecule has 0 aromatic carbocycles. The number of rotatable bonds is 2. The highest BCUT2D eigenvalue weighted by Gasteiger charge is 2.19. The van der Waals surface area contributed by atoms with Gasteiger partial charge in [-0.2, -0.15) is 0 Å². The van der Waals surface area contributed by atoms with E-state index in [1.54, 1.807) is 18.5 Å². The van der Waals surface area contributed by atoms with E-state index in [9.17, 15) is 9.59 Å². The Morgan fingerprint density at radius 2 is 1.72 bits per heavy atom. The number of nitrogens with zero attached hydrogens (tertiary/aromatic N) is 2. The van der Waals surface area contributed by atoms with Crippen molar-refractivity contribution in [2.45, 2.75) is 26.2 Å². The molecular formula is C18H21N5O2. The monoisotopic (exact) mass is 339 g/mol. The molecule has 0 aliphatic rings. The summed E-state index contributed by atoms with van der Waals surface area (Å²) in [6.07, 6.45) is 6.67. The van der Waals surface area contributed by atoms with Gasteiger partial charge in [-0.25, -0.2) is 4.98 Å².